The third kappa shape index (κ3) is 1.13. The van der Waals surface area contributed by atoms with Crippen LogP contribution >= 0.6 is 11.3 Å². The smallest absolute Gasteiger partial charge is 0.352 e. The van der Waals surface area contributed by atoms with Gasteiger partial charge < -0.3 is 10.1 Å². The third-order valence-corrected chi connectivity index (χ3v) is 3.51. The molecule has 72 valence electrons. The lowest BCUT2D eigenvalue weighted by Crippen LogP contribution is -1.94. The Bertz CT molecular complexity index is 478. The number of rotatable bonds is 2. The van der Waals surface area contributed by atoms with E-state index in [1.54, 1.807) is 17.4 Å². The van der Waals surface area contributed by atoms with E-state index in [2.05, 4.69) is 9.97 Å². The molecule has 1 saturated carbocycles. The normalized spacial score (nSPS) is 16.3. The summed E-state index contributed by atoms with van der Waals surface area (Å²) >= 11 is 1.58. The Morgan fingerprint density at radius 2 is 2.43 bits per heavy atom. The van der Waals surface area contributed by atoms with Gasteiger partial charge in [0.2, 0.25) is 0 Å². The van der Waals surface area contributed by atoms with Crippen molar-refractivity contribution >= 4 is 27.7 Å². The van der Waals surface area contributed by atoms with Crippen molar-refractivity contribution in [2.45, 2.75) is 18.8 Å². The number of hydrogen-bond acceptors (Lipinski definition) is 3. The van der Waals surface area contributed by atoms with E-state index in [4.69, 9.17) is 5.11 Å². The molecule has 0 atom stereocenters. The first-order chi connectivity index (χ1) is 6.74. The minimum absolute atomic E-state index is 0.223. The molecule has 5 heteroatoms. The van der Waals surface area contributed by atoms with E-state index in [0.717, 1.165) is 15.4 Å². The van der Waals surface area contributed by atoms with Crippen LogP contribution in [0.3, 0.4) is 0 Å². The van der Waals surface area contributed by atoms with Crippen LogP contribution in [0.1, 0.15) is 34.3 Å². The highest BCUT2D eigenvalue weighted by Crippen LogP contribution is 2.43. The minimum atomic E-state index is -0.928. The van der Waals surface area contributed by atoms with Crippen LogP contribution in [0.4, 0.5) is 0 Å². The van der Waals surface area contributed by atoms with Gasteiger partial charge in [-0.1, -0.05) is 0 Å². The Kier molecular flexibility index (Phi) is 1.47. The number of aromatic nitrogens is 2. The second-order valence-corrected chi connectivity index (χ2v) is 4.56. The van der Waals surface area contributed by atoms with Crippen LogP contribution in [-0.4, -0.2) is 21.0 Å². The van der Waals surface area contributed by atoms with Crippen LogP contribution in [0.2, 0.25) is 0 Å². The molecule has 0 bridgehead atoms. The van der Waals surface area contributed by atoms with Gasteiger partial charge in [-0.15, -0.1) is 11.3 Å². The first kappa shape index (κ1) is 7.99. The molecule has 2 N–H and O–H groups in total. The number of fused-ring (bicyclic) bond motifs is 1. The quantitative estimate of drug-likeness (QED) is 0.795. The van der Waals surface area contributed by atoms with Crippen LogP contribution in [-0.2, 0) is 0 Å². The van der Waals surface area contributed by atoms with Gasteiger partial charge in [0.15, 0.2) is 0 Å². The van der Waals surface area contributed by atoms with Gasteiger partial charge in [0.05, 0.1) is 5.01 Å². The molecular weight excluding hydrogens is 200 g/mol. The molecule has 14 heavy (non-hydrogen) atoms. The van der Waals surface area contributed by atoms with Gasteiger partial charge in [-0.05, 0) is 18.9 Å². The summed E-state index contributed by atoms with van der Waals surface area (Å²) in [5.74, 6) is -0.294. The van der Waals surface area contributed by atoms with E-state index in [0.29, 0.717) is 5.92 Å². The van der Waals surface area contributed by atoms with E-state index in [1.165, 1.54) is 12.8 Å². The standard InChI is InChI=1S/C9H8N2O2S/c12-9(13)6-3-5-8(11-6)14-7(10-5)4-1-2-4/h3-4,11H,1-2H2,(H,12,13). The molecule has 0 saturated heterocycles. The van der Waals surface area contributed by atoms with Crippen LogP contribution in [0.25, 0.3) is 10.3 Å². The minimum Gasteiger partial charge on any atom is -0.477 e. The molecule has 3 rings (SSSR count). The zero-order valence-corrected chi connectivity index (χ0v) is 8.10. The second kappa shape index (κ2) is 2.57. The van der Waals surface area contributed by atoms with Crippen molar-refractivity contribution in [3.63, 3.8) is 0 Å². The summed E-state index contributed by atoms with van der Waals surface area (Å²) in [6.45, 7) is 0. The number of aromatic carboxylic acids is 1. The van der Waals surface area contributed by atoms with E-state index in [1.807, 2.05) is 0 Å². The Balaban J connectivity index is 2.09. The van der Waals surface area contributed by atoms with Crippen molar-refractivity contribution < 1.29 is 9.90 Å². The van der Waals surface area contributed by atoms with Crippen LogP contribution < -0.4 is 0 Å². The molecule has 1 fully saturated rings. The molecule has 0 spiro atoms. The summed E-state index contributed by atoms with van der Waals surface area (Å²) in [6, 6.07) is 1.60. The SMILES string of the molecule is O=C(O)c1cc2nc(C3CC3)sc2[nH]1. The van der Waals surface area contributed by atoms with Crippen LogP contribution in [0.15, 0.2) is 6.07 Å². The van der Waals surface area contributed by atoms with Gasteiger partial charge in [-0.2, -0.15) is 0 Å². The Hall–Kier alpha value is -1.36. The lowest BCUT2D eigenvalue weighted by Gasteiger charge is -1.86. The molecule has 1 aliphatic rings. The van der Waals surface area contributed by atoms with Crippen molar-refractivity contribution in [2.75, 3.05) is 0 Å². The van der Waals surface area contributed by atoms with E-state index in [9.17, 15) is 4.79 Å². The van der Waals surface area contributed by atoms with Crippen molar-refractivity contribution in [3.05, 3.63) is 16.8 Å². The van der Waals surface area contributed by atoms with Gasteiger partial charge >= 0.3 is 5.97 Å². The lowest BCUT2D eigenvalue weighted by atomic mass is 10.4. The zero-order valence-electron chi connectivity index (χ0n) is 7.28. The predicted molar refractivity (Wildman–Crippen MR) is 52.9 cm³/mol. The molecular formula is C9H8N2O2S. The number of carboxylic acid groups (broad SMARTS) is 1. The van der Waals surface area contributed by atoms with E-state index < -0.39 is 5.97 Å². The number of hydrogen-bond donors (Lipinski definition) is 2. The molecule has 2 aromatic heterocycles. The summed E-state index contributed by atoms with van der Waals surface area (Å²) in [4.78, 5) is 18.8. The number of aromatic amines is 1. The Labute approximate surface area is 83.6 Å². The number of nitrogens with zero attached hydrogens (tertiary/aromatic N) is 1. The molecule has 2 heterocycles. The van der Waals surface area contributed by atoms with E-state index >= 15 is 0 Å². The molecule has 0 aliphatic heterocycles. The fourth-order valence-electron chi connectivity index (χ4n) is 1.45. The number of nitrogens with one attached hydrogen (secondary N) is 1. The summed E-state index contributed by atoms with van der Waals surface area (Å²) in [5, 5.41) is 9.88. The van der Waals surface area contributed by atoms with Gasteiger partial charge in [0, 0.05) is 5.92 Å². The van der Waals surface area contributed by atoms with Crippen molar-refractivity contribution in [3.8, 4) is 0 Å². The number of thiazole rings is 1. The Morgan fingerprint density at radius 1 is 1.64 bits per heavy atom. The maximum atomic E-state index is 10.6. The first-order valence-corrected chi connectivity index (χ1v) is 5.28. The van der Waals surface area contributed by atoms with Gasteiger partial charge in [-0.25, -0.2) is 9.78 Å². The summed E-state index contributed by atoms with van der Waals surface area (Å²) in [5.41, 5.74) is 1.01. The summed E-state index contributed by atoms with van der Waals surface area (Å²) in [7, 11) is 0. The Morgan fingerprint density at radius 3 is 3.00 bits per heavy atom. The largest absolute Gasteiger partial charge is 0.477 e. The highest BCUT2D eigenvalue weighted by Gasteiger charge is 2.27. The number of H-pyrrole nitrogens is 1. The molecule has 0 aromatic carbocycles. The molecule has 0 radical (unpaired) electrons. The van der Waals surface area contributed by atoms with Crippen molar-refractivity contribution in [1.82, 2.24) is 9.97 Å². The first-order valence-electron chi connectivity index (χ1n) is 4.47. The number of carbonyl (C=O) groups is 1. The van der Waals surface area contributed by atoms with Crippen molar-refractivity contribution in [2.24, 2.45) is 0 Å². The van der Waals surface area contributed by atoms with Gasteiger partial charge in [0.25, 0.3) is 0 Å². The van der Waals surface area contributed by atoms with Crippen LogP contribution in [0, 0.1) is 0 Å². The highest BCUT2D eigenvalue weighted by atomic mass is 32.1. The summed E-state index contributed by atoms with van der Waals surface area (Å²) in [6.07, 6.45) is 2.45. The summed E-state index contributed by atoms with van der Waals surface area (Å²) < 4.78 is 0. The molecule has 0 unspecified atom stereocenters. The molecule has 1 aliphatic carbocycles. The van der Waals surface area contributed by atoms with Gasteiger partial charge in [-0.3, -0.25) is 0 Å². The molecule has 2 aromatic rings. The zero-order chi connectivity index (χ0) is 9.71. The topological polar surface area (TPSA) is 66.0 Å². The van der Waals surface area contributed by atoms with Crippen LogP contribution in [0.5, 0.6) is 0 Å². The monoisotopic (exact) mass is 208 g/mol. The highest BCUT2D eigenvalue weighted by molar-refractivity contribution is 7.18. The number of carboxylic acids is 1. The second-order valence-electron chi connectivity index (χ2n) is 3.53. The average Bonchev–Trinajstić information content (AvgIpc) is 2.76. The molecule has 4 nitrogen and oxygen atoms in total. The fraction of sp³-hybridized carbons (Fsp3) is 0.333. The fourth-order valence-corrected chi connectivity index (χ4v) is 2.58. The average molecular weight is 208 g/mol. The third-order valence-electron chi connectivity index (χ3n) is 2.36. The maximum Gasteiger partial charge on any atom is 0.352 e. The molecule has 0 amide bonds. The predicted octanol–water partition coefficient (Wildman–Crippen LogP) is 2.20. The van der Waals surface area contributed by atoms with Gasteiger partial charge in [0.1, 0.15) is 16.0 Å². The maximum absolute atomic E-state index is 10.6. The van der Waals surface area contributed by atoms with E-state index in [-0.39, 0.29) is 5.69 Å². The lowest BCUT2D eigenvalue weighted by molar-refractivity contribution is 0.0691. The van der Waals surface area contributed by atoms with Crippen molar-refractivity contribution in [1.29, 1.82) is 0 Å².